The maximum atomic E-state index is 13.0. The summed E-state index contributed by atoms with van der Waals surface area (Å²) in [5.74, 6) is -0.759. The summed E-state index contributed by atoms with van der Waals surface area (Å²) >= 11 is 11.2. The van der Waals surface area contributed by atoms with Crippen LogP contribution in [0.15, 0.2) is 12.1 Å². The molecule has 80 valence electrons. The molecular weight excluding hydrogens is 238 g/mol. The Kier molecular flexibility index (Phi) is 4.19. The lowest BCUT2D eigenvalue weighted by atomic mass is 10.2. The van der Waals surface area contributed by atoms with Crippen molar-refractivity contribution in [2.24, 2.45) is 5.92 Å². The van der Waals surface area contributed by atoms with Crippen LogP contribution in [0.5, 0.6) is 0 Å². The quantitative estimate of drug-likeness (QED) is 0.826. The van der Waals surface area contributed by atoms with E-state index in [2.05, 4.69) is 11.4 Å². The van der Waals surface area contributed by atoms with Gasteiger partial charge in [-0.3, -0.25) is 0 Å². The third kappa shape index (κ3) is 3.26. The minimum atomic E-state index is -0.628. The molecule has 1 N–H and O–H groups in total. The Hall–Kier alpha value is -0.980. The van der Waals surface area contributed by atoms with Gasteiger partial charge in [0.1, 0.15) is 0 Å². The number of benzene rings is 1. The van der Waals surface area contributed by atoms with Gasteiger partial charge in [-0.1, -0.05) is 23.2 Å². The van der Waals surface area contributed by atoms with Crippen LogP contribution >= 0.6 is 23.2 Å². The smallest absolute Gasteiger partial charge is 0.160 e. The second-order valence-electron chi connectivity index (χ2n) is 3.16. The number of rotatable bonds is 3. The first kappa shape index (κ1) is 12.1. The van der Waals surface area contributed by atoms with E-state index in [0.29, 0.717) is 12.2 Å². The summed E-state index contributed by atoms with van der Waals surface area (Å²) < 4.78 is 13.0. The van der Waals surface area contributed by atoms with Gasteiger partial charge in [-0.05, 0) is 19.1 Å². The van der Waals surface area contributed by atoms with Crippen LogP contribution in [-0.4, -0.2) is 6.54 Å². The summed E-state index contributed by atoms with van der Waals surface area (Å²) in [6, 6.07) is 4.95. The Morgan fingerprint density at radius 2 is 2.00 bits per heavy atom. The maximum Gasteiger partial charge on any atom is 0.160 e. The molecule has 0 radical (unpaired) electrons. The van der Waals surface area contributed by atoms with Gasteiger partial charge in [0.25, 0.3) is 0 Å². The average molecular weight is 247 g/mol. The van der Waals surface area contributed by atoms with Gasteiger partial charge in [-0.25, -0.2) is 4.39 Å². The summed E-state index contributed by atoms with van der Waals surface area (Å²) in [7, 11) is 0. The number of hydrogen-bond donors (Lipinski definition) is 1. The van der Waals surface area contributed by atoms with E-state index < -0.39 is 5.82 Å². The minimum absolute atomic E-state index is 0.0328. The molecule has 0 heterocycles. The van der Waals surface area contributed by atoms with Crippen molar-refractivity contribution in [2.45, 2.75) is 6.92 Å². The fourth-order valence-electron chi connectivity index (χ4n) is 0.974. The molecule has 0 amide bonds. The van der Waals surface area contributed by atoms with E-state index in [1.54, 1.807) is 6.92 Å². The molecule has 0 aliphatic rings. The Balaban J connectivity index is 2.76. The first-order valence-electron chi connectivity index (χ1n) is 4.32. The minimum Gasteiger partial charge on any atom is -0.384 e. The van der Waals surface area contributed by atoms with Crippen molar-refractivity contribution in [2.75, 3.05) is 11.9 Å². The predicted molar refractivity (Wildman–Crippen MR) is 59.7 cm³/mol. The molecular formula is C10H9Cl2FN2. The molecule has 1 rings (SSSR count). The van der Waals surface area contributed by atoms with Crippen molar-refractivity contribution in [3.8, 4) is 6.07 Å². The summed E-state index contributed by atoms with van der Waals surface area (Å²) in [5, 5.41) is 11.4. The zero-order chi connectivity index (χ0) is 11.4. The summed E-state index contributed by atoms with van der Waals surface area (Å²) in [6.45, 7) is 2.24. The van der Waals surface area contributed by atoms with E-state index in [9.17, 15) is 4.39 Å². The molecule has 2 nitrogen and oxygen atoms in total. The first-order valence-corrected chi connectivity index (χ1v) is 5.08. The van der Waals surface area contributed by atoms with Crippen molar-refractivity contribution in [1.29, 1.82) is 5.26 Å². The van der Waals surface area contributed by atoms with Crippen molar-refractivity contribution in [3.05, 3.63) is 28.0 Å². The van der Waals surface area contributed by atoms with Gasteiger partial charge in [0.05, 0.1) is 22.0 Å². The van der Waals surface area contributed by atoms with Gasteiger partial charge in [0.15, 0.2) is 5.82 Å². The highest BCUT2D eigenvalue weighted by molar-refractivity contribution is 6.35. The van der Waals surface area contributed by atoms with Gasteiger partial charge in [-0.15, -0.1) is 0 Å². The van der Waals surface area contributed by atoms with Crippen molar-refractivity contribution >= 4 is 28.9 Å². The summed E-state index contributed by atoms with van der Waals surface area (Å²) in [5.41, 5.74) is 0.605. The number of anilines is 1. The highest BCUT2D eigenvalue weighted by Crippen LogP contribution is 2.27. The number of nitrogens with zero attached hydrogens (tertiary/aromatic N) is 1. The van der Waals surface area contributed by atoms with E-state index in [1.165, 1.54) is 12.1 Å². The molecule has 0 spiro atoms. The van der Waals surface area contributed by atoms with Gasteiger partial charge in [-0.2, -0.15) is 5.26 Å². The Bertz CT molecular complexity index is 378. The van der Waals surface area contributed by atoms with Crippen molar-refractivity contribution < 1.29 is 4.39 Å². The van der Waals surface area contributed by atoms with Crippen LogP contribution in [0.4, 0.5) is 10.1 Å². The lowest BCUT2D eigenvalue weighted by Crippen LogP contribution is -2.09. The summed E-state index contributed by atoms with van der Waals surface area (Å²) in [4.78, 5) is 0. The van der Waals surface area contributed by atoms with E-state index in [0.717, 1.165) is 0 Å². The van der Waals surface area contributed by atoms with Gasteiger partial charge >= 0.3 is 0 Å². The molecule has 0 fully saturated rings. The van der Waals surface area contributed by atoms with E-state index in [4.69, 9.17) is 28.5 Å². The monoisotopic (exact) mass is 246 g/mol. The molecule has 0 bridgehead atoms. The highest BCUT2D eigenvalue weighted by atomic mass is 35.5. The molecule has 1 aromatic rings. The molecule has 0 saturated carbocycles. The highest BCUT2D eigenvalue weighted by Gasteiger charge is 2.07. The van der Waals surface area contributed by atoms with Crippen LogP contribution in [0.1, 0.15) is 6.92 Å². The molecule has 1 unspecified atom stereocenters. The molecule has 1 aromatic carbocycles. The second-order valence-corrected chi connectivity index (χ2v) is 3.98. The number of halogens is 3. The van der Waals surface area contributed by atoms with Crippen molar-refractivity contribution in [3.63, 3.8) is 0 Å². The molecule has 15 heavy (non-hydrogen) atoms. The Morgan fingerprint density at radius 3 is 2.47 bits per heavy atom. The van der Waals surface area contributed by atoms with Crippen LogP contribution in [0, 0.1) is 23.1 Å². The number of hydrogen-bond acceptors (Lipinski definition) is 2. The Morgan fingerprint density at radius 1 is 1.47 bits per heavy atom. The standard InChI is InChI=1S/C10H9Cl2FN2/c1-6(4-14)5-15-7-2-8(11)10(13)9(12)3-7/h2-3,6,15H,5H2,1H3. The zero-order valence-electron chi connectivity index (χ0n) is 8.02. The maximum absolute atomic E-state index is 13.0. The van der Waals surface area contributed by atoms with Crippen LogP contribution in [0.3, 0.4) is 0 Å². The topological polar surface area (TPSA) is 35.8 Å². The molecule has 0 aromatic heterocycles. The molecule has 0 aliphatic carbocycles. The average Bonchev–Trinajstić information content (AvgIpc) is 2.22. The van der Waals surface area contributed by atoms with Crippen LogP contribution in [0.2, 0.25) is 10.0 Å². The molecule has 0 saturated heterocycles. The normalized spacial score (nSPS) is 11.9. The lowest BCUT2D eigenvalue weighted by Gasteiger charge is -2.08. The molecule has 5 heteroatoms. The van der Waals surface area contributed by atoms with E-state index in [1.807, 2.05) is 0 Å². The van der Waals surface area contributed by atoms with E-state index >= 15 is 0 Å². The van der Waals surface area contributed by atoms with Gasteiger partial charge < -0.3 is 5.32 Å². The fraction of sp³-hybridized carbons (Fsp3) is 0.300. The third-order valence-electron chi connectivity index (χ3n) is 1.82. The summed E-state index contributed by atoms with van der Waals surface area (Å²) in [6.07, 6.45) is 0. The van der Waals surface area contributed by atoms with Gasteiger partial charge in [0.2, 0.25) is 0 Å². The van der Waals surface area contributed by atoms with Crippen LogP contribution < -0.4 is 5.32 Å². The first-order chi connectivity index (χ1) is 7.04. The third-order valence-corrected chi connectivity index (χ3v) is 2.37. The van der Waals surface area contributed by atoms with Crippen LogP contribution in [-0.2, 0) is 0 Å². The number of nitriles is 1. The Labute approximate surface area is 97.6 Å². The van der Waals surface area contributed by atoms with Crippen molar-refractivity contribution in [1.82, 2.24) is 0 Å². The van der Waals surface area contributed by atoms with Crippen LogP contribution in [0.25, 0.3) is 0 Å². The second kappa shape index (κ2) is 5.20. The molecule has 1 atom stereocenters. The molecule has 0 aliphatic heterocycles. The SMILES string of the molecule is CC(C#N)CNc1cc(Cl)c(F)c(Cl)c1. The number of nitrogens with one attached hydrogen (secondary N) is 1. The van der Waals surface area contributed by atoms with E-state index in [-0.39, 0.29) is 16.0 Å². The lowest BCUT2D eigenvalue weighted by molar-refractivity contribution is 0.629. The zero-order valence-corrected chi connectivity index (χ0v) is 9.53. The van der Waals surface area contributed by atoms with Gasteiger partial charge in [0, 0.05) is 12.2 Å². The fourth-order valence-corrected chi connectivity index (χ4v) is 1.46. The largest absolute Gasteiger partial charge is 0.384 e. The predicted octanol–water partition coefficient (Wildman–Crippen LogP) is 3.70.